The van der Waals surface area contributed by atoms with Crippen LogP contribution in [0.1, 0.15) is 31.7 Å². The Labute approximate surface area is 144 Å². The van der Waals surface area contributed by atoms with E-state index in [1.165, 1.54) is 17.8 Å². The van der Waals surface area contributed by atoms with Crippen LogP contribution in [0.25, 0.3) is 15.5 Å². The highest BCUT2D eigenvalue weighted by atomic mass is 32.1. The second-order valence-electron chi connectivity index (χ2n) is 6.27. The molecule has 24 heavy (non-hydrogen) atoms. The van der Waals surface area contributed by atoms with Gasteiger partial charge in [-0.1, -0.05) is 35.6 Å². The number of piperidine rings is 1. The highest BCUT2D eigenvalue weighted by Gasteiger charge is 2.23. The van der Waals surface area contributed by atoms with Crippen LogP contribution >= 0.6 is 11.3 Å². The number of carbonyl (C=O) groups excluding carboxylic acids is 1. The summed E-state index contributed by atoms with van der Waals surface area (Å²) in [5.41, 5.74) is 2.08. The number of carbonyl (C=O) groups is 1. The first kappa shape index (κ1) is 15.3. The quantitative estimate of drug-likeness (QED) is 0.735. The molecule has 3 aromatic rings. The van der Waals surface area contributed by atoms with Crippen LogP contribution in [-0.4, -0.2) is 43.2 Å². The van der Waals surface area contributed by atoms with Crippen LogP contribution in [0.15, 0.2) is 30.6 Å². The van der Waals surface area contributed by atoms with Crippen molar-refractivity contribution in [1.82, 2.24) is 24.7 Å². The summed E-state index contributed by atoms with van der Waals surface area (Å²) in [5, 5.41) is 13.2. The molecule has 1 fully saturated rings. The molecule has 0 radical (unpaired) electrons. The fourth-order valence-electron chi connectivity index (χ4n) is 3.19. The van der Waals surface area contributed by atoms with Crippen molar-refractivity contribution in [3.05, 3.63) is 36.2 Å². The normalized spacial score (nSPS) is 18.2. The maximum absolute atomic E-state index is 12.5. The molecule has 0 aliphatic carbocycles. The van der Waals surface area contributed by atoms with E-state index in [0.29, 0.717) is 12.5 Å². The van der Waals surface area contributed by atoms with Crippen molar-refractivity contribution in [3.63, 3.8) is 0 Å². The number of nitrogens with zero attached hydrogens (tertiary/aromatic N) is 5. The fraction of sp³-hybridized carbons (Fsp3) is 0.412. The molecule has 0 spiro atoms. The van der Waals surface area contributed by atoms with Gasteiger partial charge in [0.1, 0.15) is 11.3 Å². The van der Waals surface area contributed by atoms with E-state index < -0.39 is 0 Å². The van der Waals surface area contributed by atoms with E-state index in [9.17, 15) is 4.79 Å². The molecule has 3 heterocycles. The van der Waals surface area contributed by atoms with Gasteiger partial charge in [0, 0.05) is 18.2 Å². The van der Waals surface area contributed by atoms with Crippen molar-refractivity contribution in [3.8, 4) is 10.6 Å². The zero-order chi connectivity index (χ0) is 16.5. The van der Waals surface area contributed by atoms with Crippen molar-refractivity contribution < 1.29 is 4.79 Å². The lowest BCUT2D eigenvalue weighted by molar-refractivity contribution is -0.133. The molecule has 2 aromatic heterocycles. The van der Waals surface area contributed by atoms with Gasteiger partial charge in [0.2, 0.25) is 10.9 Å². The lowest BCUT2D eigenvalue weighted by Crippen LogP contribution is -2.42. The molecule has 0 bridgehead atoms. The first-order chi connectivity index (χ1) is 11.7. The molecule has 6 nitrogen and oxygen atoms in total. The van der Waals surface area contributed by atoms with Crippen LogP contribution in [0, 0.1) is 0 Å². The van der Waals surface area contributed by atoms with Gasteiger partial charge in [-0.2, -0.15) is 9.61 Å². The van der Waals surface area contributed by atoms with Gasteiger partial charge in [0.25, 0.3) is 0 Å². The molecule has 1 aliphatic heterocycles. The number of hydrogen-bond donors (Lipinski definition) is 0. The second-order valence-corrected chi connectivity index (χ2v) is 7.23. The number of hydrogen-bond acceptors (Lipinski definition) is 5. The van der Waals surface area contributed by atoms with Gasteiger partial charge in [-0.05, 0) is 31.7 Å². The molecular weight excluding hydrogens is 322 g/mol. The Morgan fingerprint density at radius 2 is 2.12 bits per heavy atom. The van der Waals surface area contributed by atoms with E-state index >= 15 is 0 Å². The minimum atomic E-state index is 0.230. The highest BCUT2D eigenvalue weighted by Crippen LogP contribution is 2.25. The molecule has 0 saturated carbocycles. The molecule has 4 rings (SSSR count). The SMILES string of the molecule is C[C@@H]1CCCCN1C(=O)Cc1ccc(-c2nn3cnnc3s2)cc1. The van der Waals surface area contributed by atoms with Crippen LogP contribution in [0.4, 0.5) is 0 Å². The molecule has 1 aromatic carbocycles. The summed E-state index contributed by atoms with van der Waals surface area (Å²) in [6.07, 6.45) is 5.53. The third-order valence-corrected chi connectivity index (χ3v) is 5.53. The molecular formula is C17H19N5OS. The summed E-state index contributed by atoms with van der Waals surface area (Å²) >= 11 is 1.50. The monoisotopic (exact) mass is 341 g/mol. The molecule has 1 aliphatic rings. The molecule has 1 atom stereocenters. The van der Waals surface area contributed by atoms with Gasteiger partial charge < -0.3 is 4.90 Å². The van der Waals surface area contributed by atoms with Crippen LogP contribution in [-0.2, 0) is 11.2 Å². The summed E-state index contributed by atoms with van der Waals surface area (Å²) in [6.45, 7) is 3.04. The fourth-order valence-corrected chi connectivity index (χ4v) is 4.01. The summed E-state index contributed by atoms with van der Waals surface area (Å²) in [7, 11) is 0. The summed E-state index contributed by atoms with van der Waals surface area (Å²) in [6, 6.07) is 8.45. The average molecular weight is 341 g/mol. The van der Waals surface area contributed by atoms with Crippen molar-refractivity contribution in [2.24, 2.45) is 0 Å². The van der Waals surface area contributed by atoms with Gasteiger partial charge in [-0.15, -0.1) is 10.2 Å². The lowest BCUT2D eigenvalue weighted by atomic mass is 10.0. The predicted octanol–water partition coefficient (Wildman–Crippen LogP) is 2.80. The molecule has 1 amide bonds. The highest BCUT2D eigenvalue weighted by molar-refractivity contribution is 7.19. The Bertz CT molecular complexity index is 825. The Hall–Kier alpha value is -2.28. The Kier molecular flexibility index (Phi) is 4.02. The Balaban J connectivity index is 1.47. The topological polar surface area (TPSA) is 63.4 Å². The Morgan fingerprint density at radius 1 is 1.29 bits per heavy atom. The third-order valence-electron chi connectivity index (χ3n) is 4.57. The minimum absolute atomic E-state index is 0.230. The molecule has 0 N–H and O–H groups in total. The van der Waals surface area contributed by atoms with Gasteiger partial charge in [0.15, 0.2) is 0 Å². The number of likely N-dealkylation sites (tertiary alicyclic amines) is 1. The average Bonchev–Trinajstić information content (AvgIpc) is 3.17. The van der Waals surface area contributed by atoms with Crippen molar-refractivity contribution in [2.75, 3.05) is 6.54 Å². The molecule has 0 unspecified atom stereocenters. The summed E-state index contributed by atoms with van der Waals surface area (Å²) < 4.78 is 1.68. The summed E-state index contributed by atoms with van der Waals surface area (Å²) in [4.78, 5) is 15.3. The van der Waals surface area contributed by atoms with E-state index in [4.69, 9.17) is 0 Å². The van der Waals surface area contributed by atoms with Crippen LogP contribution in [0.5, 0.6) is 0 Å². The first-order valence-corrected chi connectivity index (χ1v) is 9.08. The zero-order valence-electron chi connectivity index (χ0n) is 13.6. The van der Waals surface area contributed by atoms with E-state index in [0.717, 1.165) is 40.5 Å². The molecule has 1 saturated heterocycles. The number of rotatable bonds is 3. The van der Waals surface area contributed by atoms with Crippen LogP contribution in [0.2, 0.25) is 0 Å². The van der Waals surface area contributed by atoms with Crippen molar-refractivity contribution in [2.45, 2.75) is 38.6 Å². The van der Waals surface area contributed by atoms with E-state index in [1.807, 2.05) is 29.2 Å². The van der Waals surface area contributed by atoms with Gasteiger partial charge >= 0.3 is 0 Å². The first-order valence-electron chi connectivity index (χ1n) is 8.26. The number of aromatic nitrogens is 4. The number of fused-ring (bicyclic) bond motifs is 1. The minimum Gasteiger partial charge on any atom is -0.340 e. The largest absolute Gasteiger partial charge is 0.340 e. The standard InChI is InChI=1S/C17H19N5OS/c1-12-4-2-3-9-21(12)15(23)10-13-5-7-14(8-6-13)16-20-22-11-18-19-17(22)24-16/h5-8,11-12H,2-4,9-10H2,1H3/t12-/m1/s1. The van der Waals surface area contributed by atoms with Gasteiger partial charge in [0.05, 0.1) is 6.42 Å². The second kappa shape index (κ2) is 6.32. The molecule has 7 heteroatoms. The number of benzene rings is 1. The number of amides is 1. The van der Waals surface area contributed by atoms with Crippen molar-refractivity contribution >= 4 is 22.2 Å². The lowest BCUT2D eigenvalue weighted by Gasteiger charge is -2.33. The molecule has 124 valence electrons. The van der Waals surface area contributed by atoms with Gasteiger partial charge in [-0.3, -0.25) is 4.79 Å². The maximum atomic E-state index is 12.5. The maximum Gasteiger partial charge on any atom is 0.234 e. The predicted molar refractivity (Wildman–Crippen MR) is 92.8 cm³/mol. The van der Waals surface area contributed by atoms with E-state index in [2.05, 4.69) is 22.2 Å². The Morgan fingerprint density at radius 3 is 2.88 bits per heavy atom. The smallest absolute Gasteiger partial charge is 0.234 e. The van der Waals surface area contributed by atoms with Crippen LogP contribution in [0.3, 0.4) is 0 Å². The van der Waals surface area contributed by atoms with Gasteiger partial charge in [-0.25, -0.2) is 0 Å². The van der Waals surface area contributed by atoms with E-state index in [-0.39, 0.29) is 5.91 Å². The van der Waals surface area contributed by atoms with E-state index in [1.54, 1.807) is 10.8 Å². The zero-order valence-corrected chi connectivity index (χ0v) is 14.4. The third kappa shape index (κ3) is 2.91. The summed E-state index contributed by atoms with van der Waals surface area (Å²) in [5.74, 6) is 0.230. The van der Waals surface area contributed by atoms with Crippen LogP contribution < -0.4 is 0 Å². The van der Waals surface area contributed by atoms with Crippen molar-refractivity contribution in [1.29, 1.82) is 0 Å².